The number of carboxylic acid groups (broad SMARTS) is 2. The van der Waals surface area contributed by atoms with Gasteiger partial charge in [-0.15, -0.1) is 0 Å². The van der Waals surface area contributed by atoms with Gasteiger partial charge in [0.2, 0.25) is 0 Å². The number of nitrogens with zero attached hydrogens (tertiary/aromatic N) is 1. The van der Waals surface area contributed by atoms with Crippen molar-refractivity contribution in [3.05, 3.63) is 49.8 Å². The van der Waals surface area contributed by atoms with Crippen molar-refractivity contribution in [3.63, 3.8) is 0 Å². The Hall–Kier alpha value is -3.89. The molecule has 1 aromatic heterocycles. The highest BCUT2D eigenvalue weighted by Crippen LogP contribution is 2.35. The second kappa shape index (κ2) is 5.72. The minimum Gasteiger partial charge on any atom is -0.502 e. The molecule has 2 rings (SSSR count). The summed E-state index contributed by atoms with van der Waals surface area (Å²) in [5, 5.41) is 38.8. The standard InChI is InChI=1S/C13H9N3O8/c14-10-8(12(19)20)7(9(13(21)22)11(18)15-10)4-1-2-6(17)5(3-4)16(23)24/h1-3,17H,(H,19,20)(H,21,22)(H3,14,15,18). The molecule has 124 valence electrons. The van der Waals surface area contributed by atoms with Gasteiger partial charge in [-0.1, -0.05) is 6.07 Å². The molecule has 6 N–H and O–H groups in total. The molecule has 0 aliphatic heterocycles. The van der Waals surface area contributed by atoms with Crippen molar-refractivity contribution in [1.82, 2.24) is 4.98 Å². The van der Waals surface area contributed by atoms with Crippen LogP contribution in [0.2, 0.25) is 0 Å². The third kappa shape index (κ3) is 2.61. The van der Waals surface area contributed by atoms with E-state index in [1.54, 1.807) is 0 Å². The van der Waals surface area contributed by atoms with Crippen molar-refractivity contribution in [2.45, 2.75) is 0 Å². The molecule has 0 fully saturated rings. The number of carbonyl (C=O) groups is 2. The average molecular weight is 335 g/mol. The van der Waals surface area contributed by atoms with E-state index in [4.69, 9.17) is 5.73 Å². The van der Waals surface area contributed by atoms with Crippen LogP contribution in [-0.4, -0.2) is 37.2 Å². The first-order chi connectivity index (χ1) is 11.1. The summed E-state index contributed by atoms with van der Waals surface area (Å²) in [4.78, 5) is 46.5. The fraction of sp³-hybridized carbons (Fsp3) is 0. The number of pyridine rings is 1. The summed E-state index contributed by atoms with van der Waals surface area (Å²) in [6, 6.07) is 2.67. The lowest BCUT2D eigenvalue weighted by Crippen LogP contribution is -2.24. The molecule has 1 aromatic carbocycles. The highest BCUT2D eigenvalue weighted by atomic mass is 16.6. The molecule has 1 heterocycles. The maximum atomic E-state index is 11.8. The molecule has 0 radical (unpaired) electrons. The summed E-state index contributed by atoms with van der Waals surface area (Å²) in [5.74, 6) is -4.71. The highest BCUT2D eigenvalue weighted by Gasteiger charge is 2.28. The third-order valence-electron chi connectivity index (χ3n) is 3.13. The molecule has 0 saturated heterocycles. The smallest absolute Gasteiger partial charge is 0.342 e. The number of hydrogen-bond acceptors (Lipinski definition) is 7. The molecule has 0 unspecified atom stereocenters. The predicted molar refractivity (Wildman–Crippen MR) is 79.1 cm³/mol. The van der Waals surface area contributed by atoms with E-state index >= 15 is 0 Å². The number of phenols is 1. The maximum Gasteiger partial charge on any atom is 0.342 e. The first-order valence-corrected chi connectivity index (χ1v) is 6.15. The lowest BCUT2D eigenvalue weighted by atomic mass is 9.95. The summed E-state index contributed by atoms with van der Waals surface area (Å²) >= 11 is 0. The van der Waals surface area contributed by atoms with E-state index < -0.39 is 56.4 Å². The second-order valence-corrected chi connectivity index (χ2v) is 4.56. The lowest BCUT2D eigenvalue weighted by molar-refractivity contribution is -0.385. The first kappa shape index (κ1) is 16.5. The van der Waals surface area contributed by atoms with Gasteiger partial charge in [-0.25, -0.2) is 9.59 Å². The van der Waals surface area contributed by atoms with E-state index in [0.29, 0.717) is 0 Å². The molecule has 11 nitrogen and oxygen atoms in total. The molecule has 24 heavy (non-hydrogen) atoms. The van der Waals surface area contributed by atoms with Crippen LogP contribution in [-0.2, 0) is 0 Å². The van der Waals surface area contributed by atoms with Gasteiger partial charge in [-0.2, -0.15) is 0 Å². The Morgan fingerprint density at radius 2 is 1.75 bits per heavy atom. The largest absolute Gasteiger partial charge is 0.502 e. The molecule has 0 atom stereocenters. The average Bonchev–Trinajstić information content (AvgIpc) is 2.45. The van der Waals surface area contributed by atoms with Crippen molar-refractivity contribution in [2.24, 2.45) is 0 Å². The van der Waals surface area contributed by atoms with Gasteiger partial charge in [0.25, 0.3) is 5.56 Å². The van der Waals surface area contributed by atoms with E-state index in [9.17, 15) is 39.8 Å². The van der Waals surface area contributed by atoms with Gasteiger partial charge in [-0.05, 0) is 11.6 Å². The van der Waals surface area contributed by atoms with Crippen LogP contribution in [0.25, 0.3) is 11.1 Å². The van der Waals surface area contributed by atoms with Crippen LogP contribution < -0.4 is 11.3 Å². The number of aromatic amines is 1. The Bertz CT molecular complexity index is 947. The Kier molecular flexibility index (Phi) is 3.93. The van der Waals surface area contributed by atoms with E-state index in [1.807, 2.05) is 4.98 Å². The topological polar surface area (TPSA) is 197 Å². The van der Waals surface area contributed by atoms with E-state index in [1.165, 1.54) is 0 Å². The molecule has 2 aromatic rings. The van der Waals surface area contributed by atoms with Gasteiger partial charge >= 0.3 is 17.6 Å². The van der Waals surface area contributed by atoms with Crippen molar-refractivity contribution < 1.29 is 29.8 Å². The number of anilines is 1. The molecule has 11 heteroatoms. The number of aromatic hydroxyl groups is 1. The summed E-state index contributed by atoms with van der Waals surface area (Å²) in [5.41, 5.74) is 0.940. The number of phenolic OH excluding ortho intramolecular Hbond substituents is 1. The summed E-state index contributed by atoms with van der Waals surface area (Å²) in [7, 11) is 0. The number of nitro groups is 1. The molecule has 0 saturated carbocycles. The minimum absolute atomic E-state index is 0.271. The van der Waals surface area contributed by atoms with E-state index in [-0.39, 0.29) is 5.56 Å². The van der Waals surface area contributed by atoms with Crippen molar-refractivity contribution in [2.75, 3.05) is 5.73 Å². The van der Waals surface area contributed by atoms with Crippen LogP contribution in [0.5, 0.6) is 5.75 Å². The molecule has 0 bridgehead atoms. The number of aromatic carboxylic acids is 2. The molecule has 0 spiro atoms. The van der Waals surface area contributed by atoms with Crippen molar-refractivity contribution in [3.8, 4) is 16.9 Å². The Morgan fingerprint density at radius 1 is 1.17 bits per heavy atom. The summed E-state index contributed by atoms with van der Waals surface area (Å²) < 4.78 is 0. The van der Waals surface area contributed by atoms with E-state index in [0.717, 1.165) is 18.2 Å². The van der Waals surface area contributed by atoms with Gasteiger partial charge in [-0.3, -0.25) is 14.9 Å². The summed E-state index contributed by atoms with van der Waals surface area (Å²) in [6.45, 7) is 0. The van der Waals surface area contributed by atoms with Crippen molar-refractivity contribution >= 4 is 23.4 Å². The summed E-state index contributed by atoms with van der Waals surface area (Å²) in [6.07, 6.45) is 0. The normalized spacial score (nSPS) is 10.3. The molecule has 0 aliphatic carbocycles. The van der Waals surface area contributed by atoms with Crippen LogP contribution >= 0.6 is 0 Å². The number of benzene rings is 1. The van der Waals surface area contributed by atoms with Gasteiger partial charge in [0.05, 0.1) is 4.92 Å². The number of nitrogens with two attached hydrogens (primary N) is 1. The molecular formula is C13H9N3O8. The molecule has 0 aliphatic rings. The number of carboxylic acids is 2. The zero-order chi connectivity index (χ0) is 18.2. The monoisotopic (exact) mass is 335 g/mol. The van der Waals surface area contributed by atoms with Gasteiger partial charge in [0.1, 0.15) is 16.9 Å². The van der Waals surface area contributed by atoms with Gasteiger partial charge < -0.3 is 26.0 Å². The third-order valence-corrected chi connectivity index (χ3v) is 3.13. The number of nitro benzene ring substituents is 1. The number of rotatable bonds is 4. The Labute approximate surface area is 131 Å². The number of nitrogen functional groups attached to an aromatic ring is 1. The van der Waals surface area contributed by atoms with Crippen LogP contribution in [0.4, 0.5) is 11.5 Å². The Morgan fingerprint density at radius 3 is 2.25 bits per heavy atom. The fourth-order valence-electron chi connectivity index (χ4n) is 2.16. The first-order valence-electron chi connectivity index (χ1n) is 6.15. The zero-order valence-electron chi connectivity index (χ0n) is 11.6. The SMILES string of the molecule is Nc1[nH]c(=O)c(C(=O)O)c(-c2ccc(O)c([N+](=O)[O-])c2)c1C(=O)O. The Balaban J connectivity index is 2.99. The number of aromatic nitrogens is 1. The maximum absolute atomic E-state index is 11.8. The van der Waals surface area contributed by atoms with E-state index in [2.05, 4.69) is 0 Å². The van der Waals surface area contributed by atoms with Gasteiger partial charge in [0.15, 0.2) is 5.75 Å². The van der Waals surface area contributed by atoms with Crippen LogP contribution in [0.3, 0.4) is 0 Å². The molecule has 0 amide bonds. The number of hydrogen-bond donors (Lipinski definition) is 5. The highest BCUT2D eigenvalue weighted by molar-refractivity contribution is 6.07. The van der Waals surface area contributed by atoms with Crippen LogP contribution in [0.1, 0.15) is 20.7 Å². The van der Waals surface area contributed by atoms with Crippen LogP contribution in [0, 0.1) is 10.1 Å². The van der Waals surface area contributed by atoms with Crippen LogP contribution in [0.15, 0.2) is 23.0 Å². The quantitative estimate of drug-likeness (QED) is 0.393. The predicted octanol–water partition coefficient (Wildman–Crippen LogP) is 0.634. The minimum atomic E-state index is -1.75. The van der Waals surface area contributed by atoms with Gasteiger partial charge in [0, 0.05) is 11.6 Å². The second-order valence-electron chi connectivity index (χ2n) is 4.56. The number of nitrogens with one attached hydrogen (secondary N) is 1. The molecular weight excluding hydrogens is 326 g/mol. The number of H-pyrrole nitrogens is 1. The fourth-order valence-corrected chi connectivity index (χ4v) is 2.16. The zero-order valence-corrected chi connectivity index (χ0v) is 11.6. The lowest BCUT2D eigenvalue weighted by Gasteiger charge is -2.12. The van der Waals surface area contributed by atoms with Crippen molar-refractivity contribution in [1.29, 1.82) is 0 Å².